The van der Waals surface area contributed by atoms with Crippen LogP contribution in [0.25, 0.3) is 0 Å². The molecular formula is C22H21BrClN3O2. The van der Waals surface area contributed by atoms with Gasteiger partial charge in [0.15, 0.2) is 0 Å². The van der Waals surface area contributed by atoms with Gasteiger partial charge in [-0.15, -0.1) is 0 Å². The Morgan fingerprint density at radius 3 is 2.62 bits per heavy atom. The number of hydrogen-bond donors (Lipinski definition) is 0. The highest BCUT2D eigenvalue weighted by atomic mass is 79.9. The molecule has 5 nitrogen and oxygen atoms in total. The molecule has 0 bridgehead atoms. The van der Waals surface area contributed by atoms with E-state index in [2.05, 4.69) is 27.0 Å². The summed E-state index contributed by atoms with van der Waals surface area (Å²) in [6, 6.07) is 14.1. The molecule has 1 fully saturated rings. The lowest BCUT2D eigenvalue weighted by Crippen LogP contribution is -2.59. The van der Waals surface area contributed by atoms with E-state index in [9.17, 15) is 4.79 Å². The first-order valence-electron chi connectivity index (χ1n) is 9.82. The molecule has 29 heavy (non-hydrogen) atoms. The van der Waals surface area contributed by atoms with Crippen molar-refractivity contribution in [2.45, 2.75) is 38.0 Å². The Balaban J connectivity index is 1.55. The number of carbonyl (C=O) groups excluding carboxylic acids is 1. The minimum atomic E-state index is -0.522. The SMILES string of the molecule is CC(=O)N1CCC2(CC1)Oc1ccc(Br)cc1[C@H]1CC(c3ccc(Cl)cc3)=NN12. The summed E-state index contributed by atoms with van der Waals surface area (Å²) in [5.74, 6) is 1.03. The third-order valence-electron chi connectivity index (χ3n) is 6.13. The first-order chi connectivity index (χ1) is 13.9. The molecule has 1 saturated heterocycles. The summed E-state index contributed by atoms with van der Waals surface area (Å²) in [5.41, 5.74) is 2.74. The van der Waals surface area contributed by atoms with Crippen molar-refractivity contribution in [1.29, 1.82) is 0 Å². The number of rotatable bonds is 1. The number of ether oxygens (including phenoxy) is 1. The second-order valence-electron chi connectivity index (χ2n) is 7.85. The van der Waals surface area contributed by atoms with Gasteiger partial charge in [-0.25, -0.2) is 5.01 Å². The van der Waals surface area contributed by atoms with Crippen molar-refractivity contribution < 1.29 is 9.53 Å². The van der Waals surface area contributed by atoms with Crippen molar-refractivity contribution in [3.63, 3.8) is 0 Å². The molecule has 0 unspecified atom stereocenters. The van der Waals surface area contributed by atoms with Gasteiger partial charge in [0.2, 0.25) is 11.6 Å². The van der Waals surface area contributed by atoms with E-state index in [-0.39, 0.29) is 11.9 Å². The molecule has 0 aromatic heterocycles. The van der Waals surface area contributed by atoms with Crippen molar-refractivity contribution in [1.82, 2.24) is 9.91 Å². The lowest BCUT2D eigenvalue weighted by atomic mass is 9.90. The smallest absolute Gasteiger partial charge is 0.219 e. The van der Waals surface area contributed by atoms with Gasteiger partial charge in [-0.05, 0) is 35.9 Å². The molecule has 2 aromatic carbocycles. The molecule has 3 aliphatic rings. The van der Waals surface area contributed by atoms with E-state index in [0.717, 1.165) is 51.3 Å². The molecule has 1 atom stereocenters. The molecule has 2 aromatic rings. The molecule has 7 heteroatoms. The normalized spacial score (nSPS) is 22.0. The lowest BCUT2D eigenvalue weighted by molar-refractivity contribution is -0.158. The van der Waals surface area contributed by atoms with Crippen LogP contribution in [0.4, 0.5) is 0 Å². The third-order valence-corrected chi connectivity index (χ3v) is 6.87. The van der Waals surface area contributed by atoms with Crippen LogP contribution in [0.3, 0.4) is 0 Å². The quantitative estimate of drug-likeness (QED) is 0.585. The Hall–Kier alpha value is -2.05. The number of halogens is 2. The molecule has 0 radical (unpaired) electrons. The minimum Gasteiger partial charge on any atom is -0.466 e. The number of amides is 1. The van der Waals surface area contributed by atoms with Crippen LogP contribution in [-0.2, 0) is 4.79 Å². The highest BCUT2D eigenvalue weighted by Crippen LogP contribution is 2.50. The molecule has 5 rings (SSSR count). The topological polar surface area (TPSA) is 45.1 Å². The predicted octanol–water partition coefficient (Wildman–Crippen LogP) is 4.98. The van der Waals surface area contributed by atoms with Gasteiger partial charge in [-0.1, -0.05) is 39.7 Å². The fraction of sp³-hybridized carbons (Fsp3) is 0.364. The van der Waals surface area contributed by atoms with E-state index in [0.29, 0.717) is 13.1 Å². The Kier molecular flexibility index (Phi) is 4.59. The molecule has 0 N–H and O–H groups in total. The Morgan fingerprint density at radius 1 is 1.21 bits per heavy atom. The van der Waals surface area contributed by atoms with Gasteiger partial charge in [0.05, 0.1) is 11.8 Å². The van der Waals surface area contributed by atoms with Crippen LogP contribution in [0.5, 0.6) is 5.75 Å². The van der Waals surface area contributed by atoms with E-state index in [1.807, 2.05) is 41.3 Å². The van der Waals surface area contributed by atoms with Crippen LogP contribution in [0.15, 0.2) is 52.0 Å². The van der Waals surface area contributed by atoms with Gasteiger partial charge in [0.1, 0.15) is 5.75 Å². The van der Waals surface area contributed by atoms with Crippen LogP contribution in [0, 0.1) is 0 Å². The summed E-state index contributed by atoms with van der Waals surface area (Å²) in [6.07, 6.45) is 2.28. The van der Waals surface area contributed by atoms with Crippen molar-refractivity contribution in [2.24, 2.45) is 5.10 Å². The highest BCUT2D eigenvalue weighted by Gasteiger charge is 2.52. The number of nitrogens with zero attached hydrogens (tertiary/aromatic N) is 3. The van der Waals surface area contributed by atoms with Gasteiger partial charge in [0, 0.05) is 54.3 Å². The van der Waals surface area contributed by atoms with Crippen LogP contribution < -0.4 is 4.74 Å². The van der Waals surface area contributed by atoms with E-state index in [1.54, 1.807) is 6.92 Å². The number of benzene rings is 2. The predicted molar refractivity (Wildman–Crippen MR) is 116 cm³/mol. The first-order valence-corrected chi connectivity index (χ1v) is 11.0. The van der Waals surface area contributed by atoms with Gasteiger partial charge in [0.25, 0.3) is 0 Å². The summed E-state index contributed by atoms with van der Waals surface area (Å²) in [6.45, 7) is 2.98. The van der Waals surface area contributed by atoms with Crippen LogP contribution in [0.1, 0.15) is 43.4 Å². The van der Waals surface area contributed by atoms with Gasteiger partial charge in [-0.2, -0.15) is 5.10 Å². The lowest BCUT2D eigenvalue weighted by Gasteiger charge is -2.51. The zero-order chi connectivity index (χ0) is 20.2. The number of hydrogen-bond acceptors (Lipinski definition) is 4. The molecule has 1 spiro atoms. The molecule has 0 aliphatic carbocycles. The second-order valence-corrected chi connectivity index (χ2v) is 9.21. The van der Waals surface area contributed by atoms with Crippen LogP contribution in [-0.4, -0.2) is 40.3 Å². The molecule has 0 saturated carbocycles. The fourth-order valence-electron chi connectivity index (χ4n) is 4.57. The van der Waals surface area contributed by atoms with Crippen molar-refractivity contribution in [2.75, 3.05) is 13.1 Å². The Labute approximate surface area is 183 Å². The van der Waals surface area contributed by atoms with Gasteiger partial charge < -0.3 is 9.64 Å². The molecule has 150 valence electrons. The standard InChI is InChI=1S/C22H21BrClN3O2/c1-14(28)26-10-8-22(9-11-26)27-20(18-12-16(23)4-7-21(18)29-22)13-19(25-27)15-2-5-17(24)6-3-15/h2-7,12,20H,8-11,13H2,1H3/t20-/m1/s1. The summed E-state index contributed by atoms with van der Waals surface area (Å²) >= 11 is 9.67. The monoisotopic (exact) mass is 473 g/mol. The third kappa shape index (κ3) is 3.22. The maximum absolute atomic E-state index is 11.8. The maximum Gasteiger partial charge on any atom is 0.219 e. The van der Waals surface area contributed by atoms with Crippen LogP contribution in [0.2, 0.25) is 5.02 Å². The van der Waals surface area contributed by atoms with E-state index < -0.39 is 5.72 Å². The van der Waals surface area contributed by atoms with E-state index >= 15 is 0 Å². The molecule has 3 heterocycles. The first kappa shape index (κ1) is 18.9. The number of piperidine rings is 1. The minimum absolute atomic E-state index is 0.114. The molecule has 1 amide bonds. The van der Waals surface area contributed by atoms with Crippen LogP contribution >= 0.6 is 27.5 Å². The summed E-state index contributed by atoms with van der Waals surface area (Å²) < 4.78 is 7.63. The van der Waals surface area contributed by atoms with E-state index in [4.69, 9.17) is 21.4 Å². The zero-order valence-corrected chi connectivity index (χ0v) is 18.4. The number of carbonyl (C=O) groups is 1. The average Bonchev–Trinajstić information content (AvgIpc) is 3.16. The summed E-state index contributed by atoms with van der Waals surface area (Å²) in [7, 11) is 0. The van der Waals surface area contributed by atoms with Crippen molar-refractivity contribution in [3.8, 4) is 5.75 Å². The number of likely N-dealkylation sites (tertiary alicyclic amines) is 1. The highest BCUT2D eigenvalue weighted by molar-refractivity contribution is 9.10. The summed E-state index contributed by atoms with van der Waals surface area (Å²) in [5, 5.41) is 7.92. The summed E-state index contributed by atoms with van der Waals surface area (Å²) in [4.78, 5) is 13.7. The average molecular weight is 475 g/mol. The fourth-order valence-corrected chi connectivity index (χ4v) is 5.08. The zero-order valence-electron chi connectivity index (χ0n) is 16.1. The number of fused-ring (bicyclic) bond motifs is 4. The Morgan fingerprint density at radius 2 is 1.93 bits per heavy atom. The largest absolute Gasteiger partial charge is 0.466 e. The molecular weight excluding hydrogens is 454 g/mol. The van der Waals surface area contributed by atoms with Gasteiger partial charge in [-0.3, -0.25) is 4.79 Å². The number of hydrazone groups is 1. The van der Waals surface area contributed by atoms with Crippen molar-refractivity contribution >= 4 is 39.1 Å². The maximum atomic E-state index is 11.8. The van der Waals surface area contributed by atoms with Gasteiger partial charge >= 0.3 is 0 Å². The van der Waals surface area contributed by atoms with E-state index in [1.165, 1.54) is 0 Å². The second kappa shape index (κ2) is 7.03. The molecule has 3 aliphatic heterocycles. The van der Waals surface area contributed by atoms with Crippen molar-refractivity contribution in [3.05, 3.63) is 63.1 Å². The Bertz CT molecular complexity index is 1000.